The standard InChI is InChI=1S/C18H19ClN4O4S/c1-4-13-14(18(25)21-20-13)17(24)12-6-5-11(8-28(26)27)16(15(12)19)23-10(3)7-9(2)22-23/h5-7,28H,4,8H2,1-3H3,(H2,20,21,25). The summed E-state index contributed by atoms with van der Waals surface area (Å²) in [5.74, 6) is -1.08. The minimum atomic E-state index is -2.71. The van der Waals surface area contributed by atoms with Crippen molar-refractivity contribution >= 4 is 28.1 Å². The van der Waals surface area contributed by atoms with Gasteiger partial charge in [0.2, 0.25) is 11.7 Å². The van der Waals surface area contributed by atoms with Crippen LogP contribution in [-0.2, 0) is 22.9 Å². The second kappa shape index (κ2) is 7.76. The number of ketones is 1. The first-order chi connectivity index (χ1) is 13.2. The Bertz CT molecular complexity index is 1140. The fourth-order valence-corrected chi connectivity index (χ4v) is 4.01. The van der Waals surface area contributed by atoms with E-state index in [-0.39, 0.29) is 27.8 Å². The summed E-state index contributed by atoms with van der Waals surface area (Å²) < 4.78 is 24.2. The Kier molecular flexibility index (Phi) is 5.57. The monoisotopic (exact) mass is 422 g/mol. The maximum atomic E-state index is 13.1. The number of thiol groups is 1. The molecular formula is C18H19ClN4O4S. The van der Waals surface area contributed by atoms with Crippen molar-refractivity contribution < 1.29 is 18.3 Å². The normalized spacial score (nSPS) is 11.3. The molecule has 0 saturated heterocycles. The van der Waals surface area contributed by atoms with Crippen LogP contribution in [0.15, 0.2) is 18.2 Å². The number of rotatable bonds is 6. The second-order valence-corrected chi connectivity index (χ2v) is 7.70. The summed E-state index contributed by atoms with van der Waals surface area (Å²) in [5, 5.41) is 20.8. The molecule has 0 fully saturated rings. The molecule has 2 N–H and O–H groups in total. The molecule has 10 heteroatoms. The molecule has 0 aliphatic rings. The van der Waals surface area contributed by atoms with Crippen molar-refractivity contribution in [2.45, 2.75) is 32.9 Å². The van der Waals surface area contributed by atoms with E-state index in [1.165, 1.54) is 10.7 Å². The van der Waals surface area contributed by atoms with Crippen molar-refractivity contribution in [2.24, 2.45) is 0 Å². The molecule has 0 spiro atoms. The first-order valence-corrected chi connectivity index (χ1v) is 10.3. The van der Waals surface area contributed by atoms with Crippen LogP contribution in [0.3, 0.4) is 0 Å². The number of hydrogen-bond acceptors (Lipinski definition) is 6. The fraction of sp³-hybridized carbons (Fsp3) is 0.278. The van der Waals surface area contributed by atoms with Gasteiger partial charge in [-0.1, -0.05) is 24.6 Å². The molecule has 2 aromatic heterocycles. The third-order valence-electron chi connectivity index (χ3n) is 4.35. The maximum Gasteiger partial charge on any atom is 0.218 e. The Labute approximate surface area is 168 Å². The Balaban J connectivity index is 2.25. The zero-order valence-corrected chi connectivity index (χ0v) is 17.1. The molecule has 0 saturated carbocycles. The lowest BCUT2D eigenvalue weighted by atomic mass is 10.00. The zero-order valence-electron chi connectivity index (χ0n) is 15.5. The summed E-state index contributed by atoms with van der Waals surface area (Å²) in [4.78, 5) is 13.1. The number of aryl methyl sites for hydroxylation is 3. The molecule has 1 aromatic carbocycles. The van der Waals surface area contributed by atoms with E-state index < -0.39 is 16.5 Å². The minimum Gasteiger partial charge on any atom is -0.493 e. The van der Waals surface area contributed by atoms with Crippen LogP contribution in [0.25, 0.3) is 5.69 Å². The number of benzene rings is 1. The van der Waals surface area contributed by atoms with Crippen molar-refractivity contribution in [2.75, 3.05) is 0 Å². The summed E-state index contributed by atoms with van der Waals surface area (Å²) in [6, 6.07) is 4.82. The Morgan fingerprint density at radius 2 is 2.04 bits per heavy atom. The van der Waals surface area contributed by atoms with Crippen molar-refractivity contribution in [1.29, 1.82) is 0 Å². The first-order valence-electron chi connectivity index (χ1n) is 8.52. The van der Waals surface area contributed by atoms with E-state index in [2.05, 4.69) is 15.3 Å². The van der Waals surface area contributed by atoms with E-state index >= 15 is 0 Å². The van der Waals surface area contributed by atoms with Crippen LogP contribution >= 0.6 is 11.6 Å². The van der Waals surface area contributed by atoms with Crippen LogP contribution in [0.1, 0.15) is 45.5 Å². The fourth-order valence-electron chi connectivity index (χ4n) is 3.13. The highest BCUT2D eigenvalue weighted by molar-refractivity contribution is 7.71. The quantitative estimate of drug-likeness (QED) is 0.415. The summed E-state index contributed by atoms with van der Waals surface area (Å²) in [6.07, 6.45) is 0.439. The summed E-state index contributed by atoms with van der Waals surface area (Å²) in [7, 11) is -2.71. The molecule has 0 aliphatic carbocycles. The second-order valence-electron chi connectivity index (χ2n) is 6.34. The van der Waals surface area contributed by atoms with Gasteiger partial charge in [-0.25, -0.2) is 18.2 Å². The lowest BCUT2D eigenvalue weighted by Crippen LogP contribution is -2.11. The van der Waals surface area contributed by atoms with E-state index in [1.54, 1.807) is 13.0 Å². The van der Waals surface area contributed by atoms with Gasteiger partial charge >= 0.3 is 0 Å². The highest BCUT2D eigenvalue weighted by Gasteiger charge is 2.26. The summed E-state index contributed by atoms with van der Waals surface area (Å²) in [5.41, 5.74) is 2.81. The van der Waals surface area contributed by atoms with Crippen molar-refractivity contribution in [3.05, 3.63) is 57.0 Å². The Morgan fingerprint density at radius 1 is 1.32 bits per heavy atom. The number of carbonyl (C=O) groups excluding carboxylic acids is 1. The Morgan fingerprint density at radius 3 is 2.61 bits per heavy atom. The van der Waals surface area contributed by atoms with Gasteiger partial charge in [0.05, 0.1) is 27.9 Å². The predicted molar refractivity (Wildman–Crippen MR) is 105 cm³/mol. The van der Waals surface area contributed by atoms with Gasteiger partial charge < -0.3 is 5.11 Å². The van der Waals surface area contributed by atoms with Gasteiger partial charge in [-0.2, -0.15) is 10.2 Å². The number of H-pyrrole nitrogens is 1. The summed E-state index contributed by atoms with van der Waals surface area (Å²) in [6.45, 7) is 5.42. The average molecular weight is 423 g/mol. The third kappa shape index (κ3) is 3.55. The number of aromatic hydroxyl groups is 1. The van der Waals surface area contributed by atoms with Crippen LogP contribution < -0.4 is 0 Å². The smallest absolute Gasteiger partial charge is 0.218 e. The predicted octanol–water partition coefficient (Wildman–Crippen LogP) is 2.48. The number of nitrogens with one attached hydrogen (secondary N) is 1. The van der Waals surface area contributed by atoms with E-state index in [1.807, 2.05) is 19.9 Å². The average Bonchev–Trinajstić information content (AvgIpc) is 3.15. The van der Waals surface area contributed by atoms with Gasteiger partial charge in [-0.3, -0.25) is 4.79 Å². The third-order valence-corrected chi connectivity index (χ3v) is 5.33. The molecule has 0 radical (unpaired) electrons. The molecule has 3 aromatic rings. The molecule has 0 atom stereocenters. The summed E-state index contributed by atoms with van der Waals surface area (Å²) >= 11 is 6.58. The highest BCUT2D eigenvalue weighted by Crippen LogP contribution is 2.33. The van der Waals surface area contributed by atoms with Gasteiger partial charge in [0.1, 0.15) is 16.3 Å². The van der Waals surface area contributed by atoms with E-state index in [0.29, 0.717) is 23.4 Å². The number of nitrogens with zero attached hydrogens (tertiary/aromatic N) is 3. The molecule has 28 heavy (non-hydrogen) atoms. The van der Waals surface area contributed by atoms with Crippen molar-refractivity contribution in [1.82, 2.24) is 20.0 Å². The van der Waals surface area contributed by atoms with Gasteiger partial charge in [0, 0.05) is 11.3 Å². The SMILES string of the molecule is CCc1n[nH]c(O)c1C(=O)c1ccc(C[SH](=O)=O)c(-n2nc(C)cc2C)c1Cl. The number of halogens is 1. The van der Waals surface area contributed by atoms with E-state index in [4.69, 9.17) is 11.6 Å². The molecule has 0 aliphatic heterocycles. The maximum absolute atomic E-state index is 13.1. The van der Waals surface area contributed by atoms with Gasteiger partial charge in [0.15, 0.2) is 0 Å². The number of carbonyl (C=O) groups is 1. The minimum absolute atomic E-state index is 0.0476. The van der Waals surface area contributed by atoms with E-state index in [0.717, 1.165) is 11.4 Å². The number of aromatic nitrogens is 4. The van der Waals surface area contributed by atoms with Crippen LogP contribution in [-0.4, -0.2) is 39.3 Å². The lowest BCUT2D eigenvalue weighted by Gasteiger charge is -2.15. The van der Waals surface area contributed by atoms with Gasteiger partial charge in [0.25, 0.3) is 0 Å². The van der Waals surface area contributed by atoms with Crippen LogP contribution in [0.4, 0.5) is 0 Å². The van der Waals surface area contributed by atoms with Crippen molar-refractivity contribution in [3.63, 3.8) is 0 Å². The number of aromatic amines is 1. The first kappa shape index (κ1) is 20.1. The van der Waals surface area contributed by atoms with Crippen LogP contribution in [0.2, 0.25) is 5.02 Å². The molecule has 8 nitrogen and oxygen atoms in total. The van der Waals surface area contributed by atoms with Crippen molar-refractivity contribution in [3.8, 4) is 11.6 Å². The molecule has 0 amide bonds. The molecule has 0 bridgehead atoms. The largest absolute Gasteiger partial charge is 0.493 e. The molecule has 3 rings (SSSR count). The molecular weight excluding hydrogens is 404 g/mol. The van der Waals surface area contributed by atoms with Gasteiger partial charge in [-0.15, -0.1) is 0 Å². The Hall–Kier alpha value is -2.65. The molecule has 0 unspecified atom stereocenters. The van der Waals surface area contributed by atoms with Crippen LogP contribution in [0, 0.1) is 13.8 Å². The number of hydrogen-bond donors (Lipinski definition) is 3. The van der Waals surface area contributed by atoms with E-state index in [9.17, 15) is 18.3 Å². The van der Waals surface area contributed by atoms with Gasteiger partial charge in [-0.05, 0) is 38.0 Å². The molecule has 148 valence electrons. The molecule has 2 heterocycles. The lowest BCUT2D eigenvalue weighted by molar-refractivity contribution is 0.103. The topological polar surface area (TPSA) is 118 Å². The zero-order chi connectivity index (χ0) is 20.6. The van der Waals surface area contributed by atoms with Crippen LogP contribution in [0.5, 0.6) is 5.88 Å². The highest BCUT2D eigenvalue weighted by atomic mass is 35.5.